The van der Waals surface area contributed by atoms with Crippen LogP contribution in [-0.2, 0) is 4.79 Å². The predicted octanol–water partition coefficient (Wildman–Crippen LogP) is 1.78. The van der Waals surface area contributed by atoms with Gasteiger partial charge in [0.15, 0.2) is 11.5 Å². The van der Waals surface area contributed by atoms with Gasteiger partial charge in [-0.3, -0.25) is 9.69 Å². The van der Waals surface area contributed by atoms with E-state index in [1.807, 2.05) is 25.2 Å². The number of carbonyl (C=O) groups is 1. The van der Waals surface area contributed by atoms with Crippen LogP contribution in [0.3, 0.4) is 0 Å². The molecule has 1 aliphatic heterocycles. The van der Waals surface area contributed by atoms with Crippen molar-refractivity contribution in [2.45, 2.75) is 12.5 Å². The van der Waals surface area contributed by atoms with Crippen molar-refractivity contribution >= 4 is 5.97 Å². The van der Waals surface area contributed by atoms with Crippen LogP contribution in [0, 0.1) is 5.92 Å². The highest BCUT2D eigenvalue weighted by Gasteiger charge is 2.34. The maximum atomic E-state index is 11.1. The molecule has 0 saturated carbocycles. The van der Waals surface area contributed by atoms with Gasteiger partial charge in [-0.15, -0.1) is 0 Å². The highest BCUT2D eigenvalue weighted by Crippen LogP contribution is 2.38. The summed E-state index contributed by atoms with van der Waals surface area (Å²) in [6.07, 6.45) is 0.626. The second kappa shape index (κ2) is 5.48. The van der Waals surface area contributed by atoms with E-state index in [1.54, 1.807) is 14.2 Å². The lowest BCUT2D eigenvalue weighted by atomic mass is 9.99. The Hall–Kier alpha value is -1.75. The predicted molar refractivity (Wildman–Crippen MR) is 70.7 cm³/mol. The molecule has 0 spiro atoms. The van der Waals surface area contributed by atoms with Gasteiger partial charge < -0.3 is 14.6 Å². The average molecular weight is 265 g/mol. The summed E-state index contributed by atoms with van der Waals surface area (Å²) in [6, 6.07) is 5.86. The topological polar surface area (TPSA) is 59.0 Å². The Morgan fingerprint density at radius 1 is 1.32 bits per heavy atom. The van der Waals surface area contributed by atoms with Gasteiger partial charge in [0.05, 0.1) is 20.1 Å². The van der Waals surface area contributed by atoms with Crippen molar-refractivity contribution in [3.63, 3.8) is 0 Å². The Balaban J connectivity index is 2.25. The molecule has 1 N–H and O–H groups in total. The molecule has 1 fully saturated rings. The number of carboxylic acids is 1. The maximum absolute atomic E-state index is 11.1. The maximum Gasteiger partial charge on any atom is 0.307 e. The Morgan fingerprint density at radius 3 is 2.53 bits per heavy atom. The zero-order chi connectivity index (χ0) is 14.0. The van der Waals surface area contributed by atoms with Gasteiger partial charge in [0.25, 0.3) is 0 Å². The molecule has 0 aliphatic carbocycles. The summed E-state index contributed by atoms with van der Waals surface area (Å²) in [6.45, 7) is 0.578. The number of aliphatic carboxylic acids is 1. The van der Waals surface area contributed by atoms with Crippen LogP contribution in [0.15, 0.2) is 18.2 Å². The van der Waals surface area contributed by atoms with E-state index in [0.29, 0.717) is 24.5 Å². The summed E-state index contributed by atoms with van der Waals surface area (Å²) in [7, 11) is 5.14. The van der Waals surface area contributed by atoms with Crippen LogP contribution < -0.4 is 9.47 Å². The van der Waals surface area contributed by atoms with Gasteiger partial charge in [-0.05, 0) is 31.2 Å². The van der Waals surface area contributed by atoms with Crippen molar-refractivity contribution in [3.05, 3.63) is 23.8 Å². The first kappa shape index (κ1) is 13.7. The quantitative estimate of drug-likeness (QED) is 0.899. The van der Waals surface area contributed by atoms with Crippen LogP contribution in [0.5, 0.6) is 11.5 Å². The Labute approximate surface area is 112 Å². The zero-order valence-corrected chi connectivity index (χ0v) is 11.4. The molecule has 1 aromatic rings. The van der Waals surface area contributed by atoms with Crippen molar-refractivity contribution in [3.8, 4) is 11.5 Å². The molecule has 19 heavy (non-hydrogen) atoms. The van der Waals surface area contributed by atoms with Crippen LogP contribution in [0.2, 0.25) is 0 Å². The number of rotatable bonds is 4. The van der Waals surface area contributed by atoms with Gasteiger partial charge in [-0.25, -0.2) is 0 Å². The molecule has 2 atom stereocenters. The number of nitrogens with zero attached hydrogens (tertiary/aromatic N) is 1. The van der Waals surface area contributed by atoms with E-state index in [4.69, 9.17) is 14.6 Å². The van der Waals surface area contributed by atoms with E-state index in [-0.39, 0.29) is 12.0 Å². The SMILES string of the molecule is COc1ccc(C2CC(C(=O)O)CN2C)cc1OC. The molecule has 0 aromatic heterocycles. The third-order valence-corrected chi connectivity index (χ3v) is 3.69. The monoisotopic (exact) mass is 265 g/mol. The van der Waals surface area contributed by atoms with Crippen molar-refractivity contribution in [2.75, 3.05) is 27.8 Å². The van der Waals surface area contributed by atoms with Gasteiger partial charge >= 0.3 is 5.97 Å². The molecule has 0 radical (unpaired) electrons. The molecule has 5 nitrogen and oxygen atoms in total. The van der Waals surface area contributed by atoms with Crippen LogP contribution in [-0.4, -0.2) is 43.8 Å². The number of methoxy groups -OCH3 is 2. The molecule has 5 heteroatoms. The van der Waals surface area contributed by atoms with Crippen LogP contribution in [0.4, 0.5) is 0 Å². The lowest BCUT2D eigenvalue weighted by Gasteiger charge is -2.20. The van der Waals surface area contributed by atoms with Crippen LogP contribution >= 0.6 is 0 Å². The largest absolute Gasteiger partial charge is 0.493 e. The highest BCUT2D eigenvalue weighted by atomic mass is 16.5. The minimum Gasteiger partial charge on any atom is -0.493 e. The second-order valence-corrected chi connectivity index (χ2v) is 4.84. The molecule has 1 aromatic carbocycles. The first-order chi connectivity index (χ1) is 9.06. The molecular weight excluding hydrogens is 246 g/mol. The van der Waals surface area contributed by atoms with E-state index in [9.17, 15) is 4.79 Å². The normalized spacial score (nSPS) is 23.3. The molecule has 104 valence electrons. The summed E-state index contributed by atoms with van der Waals surface area (Å²) >= 11 is 0. The second-order valence-electron chi connectivity index (χ2n) is 4.84. The minimum atomic E-state index is -0.727. The standard InChI is InChI=1S/C14H19NO4/c1-15-8-10(14(16)17)6-11(15)9-4-5-12(18-2)13(7-9)19-3/h4-5,7,10-11H,6,8H2,1-3H3,(H,16,17). The lowest BCUT2D eigenvalue weighted by molar-refractivity contribution is -0.141. The van der Waals surface area contributed by atoms with E-state index in [2.05, 4.69) is 4.90 Å². The Bertz CT molecular complexity index is 475. The summed E-state index contributed by atoms with van der Waals surface area (Å²) in [5.41, 5.74) is 1.06. The van der Waals surface area contributed by atoms with Crippen molar-refractivity contribution in [1.82, 2.24) is 4.90 Å². The fraction of sp³-hybridized carbons (Fsp3) is 0.500. The number of benzene rings is 1. The number of hydrogen-bond donors (Lipinski definition) is 1. The molecule has 1 heterocycles. The van der Waals surface area contributed by atoms with Gasteiger partial charge in [0.1, 0.15) is 0 Å². The summed E-state index contributed by atoms with van der Waals surface area (Å²) in [5.74, 6) is 0.326. The first-order valence-electron chi connectivity index (χ1n) is 6.21. The highest BCUT2D eigenvalue weighted by molar-refractivity contribution is 5.70. The fourth-order valence-electron chi connectivity index (χ4n) is 2.63. The average Bonchev–Trinajstić information content (AvgIpc) is 2.80. The number of likely N-dealkylation sites (tertiary alicyclic amines) is 1. The fourth-order valence-corrected chi connectivity index (χ4v) is 2.63. The third-order valence-electron chi connectivity index (χ3n) is 3.69. The molecule has 1 saturated heterocycles. The smallest absolute Gasteiger partial charge is 0.307 e. The van der Waals surface area contributed by atoms with Gasteiger partial charge in [0, 0.05) is 12.6 Å². The molecule has 0 bridgehead atoms. The van der Waals surface area contributed by atoms with E-state index in [1.165, 1.54) is 0 Å². The molecular formula is C14H19NO4. The van der Waals surface area contributed by atoms with Crippen LogP contribution in [0.1, 0.15) is 18.0 Å². The van der Waals surface area contributed by atoms with E-state index < -0.39 is 5.97 Å². The number of ether oxygens (including phenoxy) is 2. The molecule has 1 aliphatic rings. The van der Waals surface area contributed by atoms with Crippen molar-refractivity contribution in [2.24, 2.45) is 5.92 Å². The lowest BCUT2D eigenvalue weighted by Crippen LogP contribution is -2.20. The molecule has 2 rings (SSSR count). The molecule has 2 unspecified atom stereocenters. The summed E-state index contributed by atoms with van der Waals surface area (Å²) < 4.78 is 10.5. The van der Waals surface area contributed by atoms with Gasteiger partial charge in [0.2, 0.25) is 0 Å². The number of carboxylic acid groups (broad SMARTS) is 1. The van der Waals surface area contributed by atoms with E-state index in [0.717, 1.165) is 5.56 Å². The molecule has 0 amide bonds. The minimum absolute atomic E-state index is 0.112. The zero-order valence-electron chi connectivity index (χ0n) is 11.4. The number of hydrogen-bond acceptors (Lipinski definition) is 4. The van der Waals surface area contributed by atoms with E-state index >= 15 is 0 Å². The Morgan fingerprint density at radius 2 is 2.00 bits per heavy atom. The van der Waals surface area contributed by atoms with Crippen molar-refractivity contribution in [1.29, 1.82) is 0 Å². The van der Waals surface area contributed by atoms with Crippen LogP contribution in [0.25, 0.3) is 0 Å². The summed E-state index contributed by atoms with van der Waals surface area (Å²) in [5, 5.41) is 9.11. The van der Waals surface area contributed by atoms with Crippen molar-refractivity contribution < 1.29 is 19.4 Å². The Kier molecular flexibility index (Phi) is 3.95. The van der Waals surface area contributed by atoms with Gasteiger partial charge in [-0.2, -0.15) is 0 Å². The first-order valence-corrected chi connectivity index (χ1v) is 6.21. The summed E-state index contributed by atoms with van der Waals surface area (Å²) in [4.78, 5) is 13.1. The van der Waals surface area contributed by atoms with Gasteiger partial charge in [-0.1, -0.05) is 6.07 Å². The third kappa shape index (κ3) is 2.66.